The van der Waals surface area contributed by atoms with Gasteiger partial charge in [0.2, 0.25) is 5.91 Å². The number of nitrogens with two attached hydrogens (primary N) is 1. The fourth-order valence-corrected chi connectivity index (χ4v) is 2.25. The van der Waals surface area contributed by atoms with Crippen LogP contribution in [0.2, 0.25) is 0 Å². The van der Waals surface area contributed by atoms with E-state index >= 15 is 0 Å². The average molecular weight is 279 g/mol. The van der Waals surface area contributed by atoms with Crippen LogP contribution in [0.5, 0.6) is 0 Å². The Morgan fingerprint density at radius 1 is 1.50 bits per heavy atom. The minimum atomic E-state index is -1.07. The molecule has 4 N–H and O–H groups in total. The van der Waals surface area contributed by atoms with Crippen molar-refractivity contribution in [2.75, 3.05) is 37.4 Å². The summed E-state index contributed by atoms with van der Waals surface area (Å²) in [5.74, 6) is -1.28. The first-order valence-electron chi connectivity index (χ1n) is 6.23. The van der Waals surface area contributed by atoms with Crippen molar-refractivity contribution in [1.82, 2.24) is 5.32 Å². The molecule has 108 valence electrons. The predicted octanol–water partition coefficient (Wildman–Crippen LogP) is -0.0818. The monoisotopic (exact) mass is 279 g/mol. The van der Waals surface area contributed by atoms with E-state index in [1.807, 2.05) is 0 Å². The maximum Gasteiger partial charge on any atom is 0.337 e. The topological polar surface area (TPSA) is 105 Å². The van der Waals surface area contributed by atoms with Crippen molar-refractivity contribution in [2.45, 2.75) is 6.04 Å². The Morgan fingerprint density at radius 3 is 2.90 bits per heavy atom. The highest BCUT2D eigenvalue weighted by atomic mass is 16.5. The van der Waals surface area contributed by atoms with Crippen molar-refractivity contribution in [1.29, 1.82) is 0 Å². The van der Waals surface area contributed by atoms with Crippen LogP contribution in [-0.2, 0) is 9.53 Å². The maximum absolute atomic E-state index is 11.9. The van der Waals surface area contributed by atoms with Crippen LogP contribution in [0.1, 0.15) is 10.4 Å². The van der Waals surface area contributed by atoms with E-state index in [9.17, 15) is 14.7 Å². The summed E-state index contributed by atoms with van der Waals surface area (Å²) < 4.78 is 5.31. The van der Waals surface area contributed by atoms with Crippen molar-refractivity contribution in [3.8, 4) is 0 Å². The summed E-state index contributed by atoms with van der Waals surface area (Å²) in [6, 6.07) is 4.10. The highest BCUT2D eigenvalue weighted by Crippen LogP contribution is 2.26. The Hall–Kier alpha value is -2.28. The number of likely N-dealkylation sites (N-methyl/N-ethyl adjacent to an activating group) is 1. The fourth-order valence-electron chi connectivity index (χ4n) is 2.25. The Bertz CT molecular complexity index is 532. The van der Waals surface area contributed by atoms with Gasteiger partial charge < -0.3 is 25.8 Å². The molecule has 0 radical (unpaired) electrons. The third-order valence-electron chi connectivity index (χ3n) is 3.24. The summed E-state index contributed by atoms with van der Waals surface area (Å²) in [7, 11) is 1.54. The zero-order valence-electron chi connectivity index (χ0n) is 11.1. The number of amides is 1. The van der Waals surface area contributed by atoms with Crippen LogP contribution in [0.4, 0.5) is 11.4 Å². The molecule has 1 saturated heterocycles. The SMILES string of the molecule is CNC(=O)C1COCCN1c1ccc(N)cc1C(=O)O. The van der Waals surface area contributed by atoms with E-state index in [0.717, 1.165) is 0 Å². The number of nitrogens with one attached hydrogen (secondary N) is 1. The fraction of sp³-hybridized carbons (Fsp3) is 0.385. The predicted molar refractivity (Wildman–Crippen MR) is 73.8 cm³/mol. The maximum atomic E-state index is 11.9. The van der Waals surface area contributed by atoms with E-state index in [0.29, 0.717) is 24.5 Å². The lowest BCUT2D eigenvalue weighted by molar-refractivity contribution is -0.124. The van der Waals surface area contributed by atoms with Crippen LogP contribution in [0.25, 0.3) is 0 Å². The molecular formula is C13H17N3O4. The van der Waals surface area contributed by atoms with Gasteiger partial charge >= 0.3 is 5.97 Å². The number of benzene rings is 1. The summed E-state index contributed by atoms with van der Waals surface area (Å²) in [4.78, 5) is 25.0. The number of nitrogen functional groups attached to an aromatic ring is 1. The molecule has 1 amide bonds. The number of morpholine rings is 1. The molecule has 20 heavy (non-hydrogen) atoms. The lowest BCUT2D eigenvalue weighted by Crippen LogP contribution is -2.53. The third-order valence-corrected chi connectivity index (χ3v) is 3.24. The molecular weight excluding hydrogens is 262 g/mol. The van der Waals surface area contributed by atoms with Gasteiger partial charge in [-0.25, -0.2) is 4.79 Å². The number of hydrogen-bond donors (Lipinski definition) is 3. The molecule has 1 aliphatic heterocycles. The third kappa shape index (κ3) is 2.67. The number of nitrogens with zero attached hydrogens (tertiary/aromatic N) is 1. The van der Waals surface area contributed by atoms with Crippen LogP contribution >= 0.6 is 0 Å². The second-order valence-corrected chi connectivity index (χ2v) is 4.48. The van der Waals surface area contributed by atoms with Gasteiger partial charge in [0.15, 0.2) is 0 Å². The van der Waals surface area contributed by atoms with Crippen molar-refractivity contribution >= 4 is 23.3 Å². The minimum absolute atomic E-state index is 0.0841. The molecule has 0 aromatic heterocycles. The quantitative estimate of drug-likeness (QED) is 0.668. The molecule has 0 aliphatic carbocycles. The molecule has 1 fully saturated rings. The van der Waals surface area contributed by atoms with Gasteiger partial charge in [-0.05, 0) is 18.2 Å². The van der Waals surface area contributed by atoms with E-state index in [2.05, 4.69) is 5.32 Å². The molecule has 1 aromatic carbocycles. The van der Waals surface area contributed by atoms with Gasteiger partial charge in [-0.1, -0.05) is 0 Å². The molecule has 0 saturated carbocycles. The molecule has 1 atom stereocenters. The number of carbonyl (C=O) groups is 2. The van der Waals surface area contributed by atoms with Gasteiger partial charge in [-0.2, -0.15) is 0 Å². The number of carboxylic acid groups (broad SMARTS) is 1. The van der Waals surface area contributed by atoms with Crippen LogP contribution < -0.4 is 16.0 Å². The lowest BCUT2D eigenvalue weighted by atomic mass is 10.1. The number of carboxylic acids is 1. The van der Waals surface area contributed by atoms with Gasteiger partial charge in [0, 0.05) is 19.3 Å². The van der Waals surface area contributed by atoms with Crippen LogP contribution in [0.15, 0.2) is 18.2 Å². The summed E-state index contributed by atoms with van der Waals surface area (Å²) in [6.07, 6.45) is 0. The Morgan fingerprint density at radius 2 is 2.25 bits per heavy atom. The van der Waals surface area contributed by atoms with Gasteiger partial charge in [-0.3, -0.25) is 4.79 Å². The first-order valence-corrected chi connectivity index (χ1v) is 6.23. The number of aromatic carboxylic acids is 1. The van der Waals surface area contributed by atoms with Gasteiger partial charge in [0.25, 0.3) is 0 Å². The van der Waals surface area contributed by atoms with Crippen LogP contribution in [-0.4, -0.2) is 49.8 Å². The zero-order chi connectivity index (χ0) is 14.7. The van der Waals surface area contributed by atoms with Crippen molar-refractivity contribution < 1.29 is 19.4 Å². The van der Waals surface area contributed by atoms with E-state index in [-0.39, 0.29) is 18.1 Å². The molecule has 7 nitrogen and oxygen atoms in total. The Labute approximate surface area is 116 Å². The Kier molecular flexibility index (Phi) is 4.09. The molecule has 0 bridgehead atoms. The smallest absolute Gasteiger partial charge is 0.337 e. The first-order chi connectivity index (χ1) is 9.54. The zero-order valence-corrected chi connectivity index (χ0v) is 11.1. The van der Waals surface area contributed by atoms with Crippen molar-refractivity contribution in [3.63, 3.8) is 0 Å². The molecule has 1 aliphatic rings. The number of rotatable bonds is 3. The lowest BCUT2D eigenvalue weighted by Gasteiger charge is -2.36. The van der Waals surface area contributed by atoms with E-state index in [1.54, 1.807) is 17.0 Å². The average Bonchev–Trinajstić information content (AvgIpc) is 2.46. The van der Waals surface area contributed by atoms with Crippen LogP contribution in [0.3, 0.4) is 0 Å². The van der Waals surface area contributed by atoms with Gasteiger partial charge in [0.05, 0.1) is 24.5 Å². The largest absolute Gasteiger partial charge is 0.478 e. The summed E-state index contributed by atoms with van der Waals surface area (Å²) in [6.45, 7) is 1.11. The molecule has 0 spiro atoms. The summed E-state index contributed by atoms with van der Waals surface area (Å²) in [5, 5.41) is 11.9. The number of anilines is 2. The van der Waals surface area contributed by atoms with Crippen LogP contribution in [0, 0.1) is 0 Å². The van der Waals surface area contributed by atoms with Crippen molar-refractivity contribution in [2.24, 2.45) is 0 Å². The van der Waals surface area contributed by atoms with E-state index in [4.69, 9.17) is 10.5 Å². The molecule has 1 heterocycles. The van der Waals surface area contributed by atoms with E-state index < -0.39 is 12.0 Å². The second kappa shape index (κ2) is 5.79. The summed E-state index contributed by atoms with van der Waals surface area (Å²) in [5.41, 5.74) is 6.56. The number of carbonyl (C=O) groups excluding carboxylic acids is 1. The first kappa shape index (κ1) is 14.1. The van der Waals surface area contributed by atoms with Gasteiger partial charge in [-0.15, -0.1) is 0 Å². The van der Waals surface area contributed by atoms with E-state index in [1.165, 1.54) is 13.1 Å². The van der Waals surface area contributed by atoms with Crippen molar-refractivity contribution in [3.05, 3.63) is 23.8 Å². The molecule has 1 aromatic rings. The second-order valence-electron chi connectivity index (χ2n) is 4.48. The molecule has 7 heteroatoms. The van der Waals surface area contributed by atoms with Gasteiger partial charge in [0.1, 0.15) is 6.04 Å². The number of hydrogen-bond acceptors (Lipinski definition) is 5. The highest BCUT2D eigenvalue weighted by Gasteiger charge is 2.31. The summed E-state index contributed by atoms with van der Waals surface area (Å²) >= 11 is 0. The molecule has 1 unspecified atom stereocenters. The normalized spacial score (nSPS) is 18.6. The Balaban J connectivity index is 2.42. The minimum Gasteiger partial charge on any atom is -0.478 e. The highest BCUT2D eigenvalue weighted by molar-refractivity contribution is 5.97. The molecule has 2 rings (SSSR count). The standard InChI is InChI=1S/C13H17N3O4/c1-15-12(17)11-7-20-5-4-16(11)10-3-2-8(14)6-9(10)13(18)19/h2-3,6,11H,4-5,7,14H2,1H3,(H,15,17)(H,18,19). The number of ether oxygens (including phenoxy) is 1.